The highest BCUT2D eigenvalue weighted by Crippen LogP contribution is 2.27. The standard InChI is InChI=1S/C19H27N5O2/c1-14-10-15(2)22-18-17(14)19(21-13-20-18)24-4-3-7-26-16(12-24)11-23-5-8-25-9-6-23/h10,13,16H,3-9,11-12H2,1-2H3. The van der Waals surface area contributed by atoms with Crippen LogP contribution in [0, 0.1) is 13.8 Å². The Bertz CT molecular complexity index is 763. The van der Waals surface area contributed by atoms with E-state index in [2.05, 4.69) is 37.7 Å². The van der Waals surface area contributed by atoms with E-state index >= 15 is 0 Å². The van der Waals surface area contributed by atoms with Crippen LogP contribution >= 0.6 is 0 Å². The molecule has 4 heterocycles. The third-order valence-corrected chi connectivity index (χ3v) is 5.12. The Labute approximate surface area is 154 Å². The minimum absolute atomic E-state index is 0.180. The maximum absolute atomic E-state index is 6.14. The molecule has 0 aromatic carbocycles. The molecule has 0 saturated carbocycles. The molecule has 2 fully saturated rings. The van der Waals surface area contributed by atoms with Crippen molar-refractivity contribution in [2.24, 2.45) is 0 Å². The van der Waals surface area contributed by atoms with E-state index in [9.17, 15) is 0 Å². The van der Waals surface area contributed by atoms with Crippen molar-refractivity contribution >= 4 is 16.9 Å². The average molecular weight is 357 g/mol. The summed E-state index contributed by atoms with van der Waals surface area (Å²) in [5.41, 5.74) is 2.95. The molecule has 1 atom stereocenters. The van der Waals surface area contributed by atoms with Crippen LogP contribution in [0.2, 0.25) is 0 Å². The maximum atomic E-state index is 6.14. The summed E-state index contributed by atoms with van der Waals surface area (Å²) in [5, 5.41) is 1.06. The van der Waals surface area contributed by atoms with Gasteiger partial charge in [-0.15, -0.1) is 0 Å². The molecule has 2 aromatic rings. The third kappa shape index (κ3) is 3.79. The van der Waals surface area contributed by atoms with Crippen LogP contribution in [0.1, 0.15) is 17.7 Å². The number of morpholine rings is 1. The maximum Gasteiger partial charge on any atom is 0.165 e. The number of aromatic nitrogens is 3. The van der Waals surface area contributed by atoms with Crippen LogP contribution in [-0.4, -0.2) is 78.5 Å². The normalized spacial score (nSPS) is 22.5. The van der Waals surface area contributed by atoms with Gasteiger partial charge in [0.25, 0.3) is 0 Å². The first kappa shape index (κ1) is 17.6. The average Bonchev–Trinajstić information content (AvgIpc) is 2.87. The number of aryl methyl sites for hydroxylation is 2. The molecule has 4 rings (SSSR count). The fourth-order valence-electron chi connectivity index (χ4n) is 3.90. The number of pyridine rings is 1. The molecule has 0 N–H and O–H groups in total. The van der Waals surface area contributed by atoms with Crippen molar-refractivity contribution in [1.29, 1.82) is 0 Å². The van der Waals surface area contributed by atoms with Crippen molar-refractivity contribution in [2.75, 3.05) is 57.4 Å². The highest BCUT2D eigenvalue weighted by atomic mass is 16.5. The van der Waals surface area contributed by atoms with Gasteiger partial charge in [0.05, 0.1) is 24.7 Å². The molecule has 26 heavy (non-hydrogen) atoms. The minimum Gasteiger partial charge on any atom is -0.379 e. The zero-order valence-corrected chi connectivity index (χ0v) is 15.6. The van der Waals surface area contributed by atoms with E-state index in [1.807, 2.05) is 6.92 Å². The highest BCUT2D eigenvalue weighted by molar-refractivity contribution is 5.90. The molecule has 0 amide bonds. The van der Waals surface area contributed by atoms with E-state index in [4.69, 9.17) is 9.47 Å². The number of hydrogen-bond acceptors (Lipinski definition) is 7. The summed E-state index contributed by atoms with van der Waals surface area (Å²) in [5.74, 6) is 0.984. The van der Waals surface area contributed by atoms with E-state index in [0.29, 0.717) is 0 Å². The summed E-state index contributed by atoms with van der Waals surface area (Å²) in [6.07, 6.45) is 2.81. The highest BCUT2D eigenvalue weighted by Gasteiger charge is 2.25. The van der Waals surface area contributed by atoms with Crippen LogP contribution in [0.3, 0.4) is 0 Å². The molecular formula is C19H27N5O2. The second-order valence-electron chi connectivity index (χ2n) is 7.18. The SMILES string of the molecule is Cc1cc(C)c2c(N3CCCOC(CN4CCOCC4)C3)ncnc2n1. The lowest BCUT2D eigenvalue weighted by molar-refractivity contribution is -0.00508. The Balaban J connectivity index is 1.59. The summed E-state index contributed by atoms with van der Waals surface area (Å²) in [7, 11) is 0. The lowest BCUT2D eigenvalue weighted by atomic mass is 10.1. The summed E-state index contributed by atoms with van der Waals surface area (Å²) in [4.78, 5) is 18.4. The molecule has 0 radical (unpaired) electrons. The molecule has 0 spiro atoms. The first-order valence-corrected chi connectivity index (χ1v) is 9.46. The van der Waals surface area contributed by atoms with Gasteiger partial charge in [-0.3, -0.25) is 4.90 Å². The second kappa shape index (κ2) is 7.82. The lowest BCUT2D eigenvalue weighted by Crippen LogP contribution is -2.45. The van der Waals surface area contributed by atoms with Crippen molar-refractivity contribution in [3.8, 4) is 0 Å². The molecule has 0 bridgehead atoms. The Hall–Kier alpha value is -1.83. The smallest absolute Gasteiger partial charge is 0.165 e. The molecule has 140 valence electrons. The minimum atomic E-state index is 0.180. The topological polar surface area (TPSA) is 63.6 Å². The summed E-state index contributed by atoms with van der Waals surface area (Å²) >= 11 is 0. The molecule has 2 saturated heterocycles. The molecular weight excluding hydrogens is 330 g/mol. The molecule has 2 aliphatic rings. The fourth-order valence-corrected chi connectivity index (χ4v) is 3.90. The number of nitrogens with zero attached hydrogens (tertiary/aromatic N) is 5. The van der Waals surface area contributed by atoms with Gasteiger partial charge in [-0.25, -0.2) is 15.0 Å². The van der Waals surface area contributed by atoms with Gasteiger partial charge in [-0.1, -0.05) is 0 Å². The third-order valence-electron chi connectivity index (χ3n) is 5.12. The van der Waals surface area contributed by atoms with Crippen LogP contribution in [0.5, 0.6) is 0 Å². The van der Waals surface area contributed by atoms with Crippen LogP contribution in [-0.2, 0) is 9.47 Å². The summed E-state index contributed by atoms with van der Waals surface area (Å²) < 4.78 is 11.6. The number of rotatable bonds is 3. The van der Waals surface area contributed by atoms with Crippen LogP contribution in [0.25, 0.3) is 11.0 Å². The summed E-state index contributed by atoms with van der Waals surface area (Å²) in [6, 6.07) is 2.11. The first-order chi connectivity index (χ1) is 12.7. The molecule has 2 aromatic heterocycles. The lowest BCUT2D eigenvalue weighted by Gasteiger charge is -2.32. The predicted molar refractivity (Wildman–Crippen MR) is 101 cm³/mol. The van der Waals surface area contributed by atoms with E-state index in [-0.39, 0.29) is 6.10 Å². The Morgan fingerprint density at radius 1 is 1.12 bits per heavy atom. The van der Waals surface area contributed by atoms with Crippen LogP contribution in [0.15, 0.2) is 12.4 Å². The molecule has 7 nitrogen and oxygen atoms in total. The second-order valence-corrected chi connectivity index (χ2v) is 7.18. The first-order valence-electron chi connectivity index (χ1n) is 9.46. The van der Waals surface area contributed by atoms with Gasteiger partial charge in [-0.05, 0) is 31.9 Å². The Morgan fingerprint density at radius 3 is 2.81 bits per heavy atom. The van der Waals surface area contributed by atoms with Gasteiger partial charge in [-0.2, -0.15) is 0 Å². The van der Waals surface area contributed by atoms with Gasteiger partial charge in [0.2, 0.25) is 0 Å². The van der Waals surface area contributed by atoms with Gasteiger partial charge >= 0.3 is 0 Å². The number of ether oxygens (including phenoxy) is 2. The van der Waals surface area contributed by atoms with E-state index in [0.717, 1.165) is 81.5 Å². The quantitative estimate of drug-likeness (QED) is 0.826. The zero-order valence-electron chi connectivity index (χ0n) is 15.6. The molecule has 7 heteroatoms. The number of hydrogen-bond donors (Lipinski definition) is 0. The van der Waals surface area contributed by atoms with Crippen molar-refractivity contribution < 1.29 is 9.47 Å². The molecule has 1 unspecified atom stereocenters. The Morgan fingerprint density at radius 2 is 1.96 bits per heavy atom. The summed E-state index contributed by atoms with van der Waals surface area (Å²) in [6.45, 7) is 11.3. The van der Waals surface area contributed by atoms with Crippen LogP contribution < -0.4 is 4.90 Å². The number of anilines is 1. The van der Waals surface area contributed by atoms with Crippen molar-refractivity contribution in [2.45, 2.75) is 26.4 Å². The van der Waals surface area contributed by atoms with Gasteiger partial charge in [0, 0.05) is 45.0 Å². The predicted octanol–water partition coefficient (Wildman–Crippen LogP) is 1.57. The number of fused-ring (bicyclic) bond motifs is 1. The van der Waals surface area contributed by atoms with Crippen molar-refractivity contribution in [1.82, 2.24) is 19.9 Å². The monoisotopic (exact) mass is 357 g/mol. The van der Waals surface area contributed by atoms with Gasteiger partial charge < -0.3 is 14.4 Å². The zero-order chi connectivity index (χ0) is 17.9. The van der Waals surface area contributed by atoms with Gasteiger partial charge in [0.1, 0.15) is 12.1 Å². The molecule has 2 aliphatic heterocycles. The van der Waals surface area contributed by atoms with E-state index < -0.39 is 0 Å². The fraction of sp³-hybridized carbons (Fsp3) is 0.632. The Kier molecular flexibility index (Phi) is 5.28. The van der Waals surface area contributed by atoms with E-state index in [1.165, 1.54) is 5.56 Å². The largest absolute Gasteiger partial charge is 0.379 e. The van der Waals surface area contributed by atoms with Crippen molar-refractivity contribution in [3.05, 3.63) is 23.7 Å². The van der Waals surface area contributed by atoms with Crippen LogP contribution in [0.4, 0.5) is 5.82 Å². The van der Waals surface area contributed by atoms with Crippen molar-refractivity contribution in [3.63, 3.8) is 0 Å². The van der Waals surface area contributed by atoms with Gasteiger partial charge in [0.15, 0.2) is 5.65 Å². The molecule has 0 aliphatic carbocycles. The van der Waals surface area contributed by atoms with E-state index in [1.54, 1.807) is 6.33 Å².